The molecular weight excluding hydrogens is 282 g/mol. The number of nitrogens with two attached hydrogens (primary N) is 1. The smallest absolute Gasteiger partial charge is 0.271 e. The summed E-state index contributed by atoms with van der Waals surface area (Å²) >= 11 is 5.92. The van der Waals surface area contributed by atoms with Gasteiger partial charge in [-0.25, -0.2) is 10.8 Å². The summed E-state index contributed by atoms with van der Waals surface area (Å²) in [5.74, 6) is 4.91. The summed E-state index contributed by atoms with van der Waals surface area (Å²) < 4.78 is 0. The first-order valence-corrected chi connectivity index (χ1v) is 6.33. The molecule has 7 nitrogen and oxygen atoms in total. The highest BCUT2D eigenvalue weighted by molar-refractivity contribution is 6.33. The fourth-order valence-electron chi connectivity index (χ4n) is 1.49. The number of carbonyl (C=O) groups is 2. The lowest BCUT2D eigenvalue weighted by atomic mass is 9.92. The second kappa shape index (κ2) is 6.53. The third kappa shape index (κ3) is 3.82. The van der Waals surface area contributed by atoms with Crippen LogP contribution in [0.1, 0.15) is 24.3 Å². The number of amides is 2. The lowest BCUT2D eigenvalue weighted by molar-refractivity contribution is -0.128. The van der Waals surface area contributed by atoms with E-state index in [1.165, 1.54) is 6.07 Å². The minimum Gasteiger partial charge on any atom is -0.359 e. The molecule has 2 amide bonds. The maximum Gasteiger partial charge on any atom is 0.271 e. The lowest BCUT2D eigenvalue weighted by Crippen LogP contribution is -2.43. The van der Waals surface area contributed by atoms with Gasteiger partial charge < -0.3 is 16.1 Å². The quantitative estimate of drug-likeness (QED) is 0.468. The third-order valence-electron chi connectivity index (χ3n) is 2.74. The van der Waals surface area contributed by atoms with Gasteiger partial charge in [-0.3, -0.25) is 9.59 Å². The first kappa shape index (κ1) is 16.2. The fraction of sp³-hybridized carbons (Fsp3) is 0.417. The van der Waals surface area contributed by atoms with E-state index in [0.29, 0.717) is 5.82 Å². The monoisotopic (exact) mass is 299 g/mol. The first-order valence-electron chi connectivity index (χ1n) is 5.95. The predicted octanol–water partition coefficient (Wildman–Crippen LogP) is 0.523. The number of hydrazine groups is 1. The third-order valence-corrected chi connectivity index (χ3v) is 3.05. The van der Waals surface area contributed by atoms with Crippen LogP contribution in [0.15, 0.2) is 12.1 Å². The van der Waals surface area contributed by atoms with E-state index >= 15 is 0 Å². The van der Waals surface area contributed by atoms with Gasteiger partial charge in [-0.2, -0.15) is 0 Å². The van der Waals surface area contributed by atoms with Crippen molar-refractivity contribution in [2.24, 2.45) is 11.3 Å². The van der Waals surface area contributed by atoms with Crippen molar-refractivity contribution in [2.45, 2.75) is 13.8 Å². The Hall–Kier alpha value is -1.86. The summed E-state index contributed by atoms with van der Waals surface area (Å²) in [5.41, 5.74) is 1.65. The fourth-order valence-corrected chi connectivity index (χ4v) is 1.68. The van der Waals surface area contributed by atoms with Gasteiger partial charge in [0.05, 0.1) is 10.4 Å². The average molecular weight is 300 g/mol. The second-order valence-electron chi connectivity index (χ2n) is 4.82. The molecule has 0 saturated heterocycles. The highest BCUT2D eigenvalue weighted by Crippen LogP contribution is 2.17. The summed E-state index contributed by atoms with van der Waals surface area (Å²) in [4.78, 5) is 27.6. The second-order valence-corrected chi connectivity index (χ2v) is 5.22. The van der Waals surface area contributed by atoms with Crippen LogP contribution >= 0.6 is 11.6 Å². The van der Waals surface area contributed by atoms with Crippen molar-refractivity contribution in [2.75, 3.05) is 19.0 Å². The number of carbonyl (C=O) groups excluding carboxylic acids is 2. The number of hydrogen-bond donors (Lipinski definition) is 4. The summed E-state index contributed by atoms with van der Waals surface area (Å²) in [6, 6.07) is 3.07. The maximum atomic E-state index is 12.0. The Morgan fingerprint density at radius 2 is 2.05 bits per heavy atom. The van der Waals surface area contributed by atoms with Crippen molar-refractivity contribution in [3.63, 3.8) is 0 Å². The Labute approximate surface area is 122 Å². The van der Waals surface area contributed by atoms with E-state index in [2.05, 4.69) is 21.0 Å². The number of pyridine rings is 1. The van der Waals surface area contributed by atoms with Crippen LogP contribution in [0.25, 0.3) is 0 Å². The van der Waals surface area contributed by atoms with Gasteiger partial charge in [0.2, 0.25) is 5.91 Å². The van der Waals surface area contributed by atoms with Crippen LogP contribution in [0.5, 0.6) is 0 Å². The predicted molar refractivity (Wildman–Crippen MR) is 77.2 cm³/mol. The standard InChI is InChI=1S/C12H18ClN5O2/c1-12(2,11(20)15-3)6-16-10(19)9-7(13)4-5-8(17-9)18-14/h4-5H,6,14H2,1-3H3,(H,15,20)(H,16,19)(H,17,18). The molecule has 110 valence electrons. The highest BCUT2D eigenvalue weighted by atomic mass is 35.5. The molecule has 0 fully saturated rings. The van der Waals surface area contributed by atoms with Crippen molar-refractivity contribution < 1.29 is 9.59 Å². The lowest BCUT2D eigenvalue weighted by Gasteiger charge is -2.22. The van der Waals surface area contributed by atoms with Crippen LogP contribution in [-0.4, -0.2) is 30.4 Å². The topological polar surface area (TPSA) is 109 Å². The molecule has 0 aromatic carbocycles. The summed E-state index contributed by atoms with van der Waals surface area (Å²) in [5, 5.41) is 5.38. The Kier molecular flexibility index (Phi) is 5.29. The number of hydrogen-bond acceptors (Lipinski definition) is 5. The molecule has 8 heteroatoms. The molecule has 0 aliphatic rings. The minimum atomic E-state index is -0.736. The van der Waals surface area contributed by atoms with Gasteiger partial charge in [-0.15, -0.1) is 0 Å². The van der Waals surface area contributed by atoms with Crippen LogP contribution < -0.4 is 21.9 Å². The highest BCUT2D eigenvalue weighted by Gasteiger charge is 2.27. The molecule has 0 radical (unpaired) electrons. The zero-order valence-corrected chi connectivity index (χ0v) is 12.3. The maximum absolute atomic E-state index is 12.0. The molecule has 0 unspecified atom stereocenters. The van der Waals surface area contributed by atoms with Crippen molar-refractivity contribution in [1.29, 1.82) is 0 Å². The number of aromatic nitrogens is 1. The molecule has 0 saturated carbocycles. The Morgan fingerprint density at radius 3 is 2.60 bits per heavy atom. The number of rotatable bonds is 5. The van der Waals surface area contributed by atoms with Crippen LogP contribution in [0.3, 0.4) is 0 Å². The van der Waals surface area contributed by atoms with Crippen LogP contribution in [-0.2, 0) is 4.79 Å². The van der Waals surface area contributed by atoms with E-state index in [4.69, 9.17) is 17.4 Å². The average Bonchev–Trinajstić information content (AvgIpc) is 2.44. The molecule has 1 aromatic heterocycles. The molecular formula is C12H18ClN5O2. The Balaban J connectivity index is 2.80. The van der Waals surface area contributed by atoms with Crippen molar-refractivity contribution in [3.05, 3.63) is 22.8 Å². The van der Waals surface area contributed by atoms with Crippen molar-refractivity contribution in [3.8, 4) is 0 Å². The van der Waals surface area contributed by atoms with Gasteiger partial charge in [0.1, 0.15) is 11.5 Å². The summed E-state index contributed by atoms with van der Waals surface area (Å²) in [6.45, 7) is 3.60. The Morgan fingerprint density at radius 1 is 1.40 bits per heavy atom. The first-order chi connectivity index (χ1) is 9.31. The van der Waals surface area contributed by atoms with Gasteiger partial charge >= 0.3 is 0 Å². The number of nitrogens with zero attached hydrogens (tertiary/aromatic N) is 1. The van der Waals surface area contributed by atoms with Gasteiger partial charge in [0.25, 0.3) is 5.91 Å². The molecule has 0 spiro atoms. The van der Waals surface area contributed by atoms with Gasteiger partial charge in [-0.05, 0) is 26.0 Å². The van der Waals surface area contributed by atoms with Gasteiger partial charge in [0.15, 0.2) is 0 Å². The largest absolute Gasteiger partial charge is 0.359 e. The van der Waals surface area contributed by atoms with E-state index in [-0.39, 0.29) is 23.2 Å². The number of nitrogen functional groups attached to an aromatic ring is 1. The molecule has 0 aliphatic heterocycles. The van der Waals surface area contributed by atoms with Crippen LogP contribution in [0.2, 0.25) is 5.02 Å². The van der Waals surface area contributed by atoms with Gasteiger partial charge in [-0.1, -0.05) is 11.6 Å². The van der Waals surface area contributed by atoms with Gasteiger partial charge in [0, 0.05) is 13.6 Å². The molecule has 0 bridgehead atoms. The van der Waals surface area contributed by atoms with Crippen LogP contribution in [0, 0.1) is 5.41 Å². The van der Waals surface area contributed by atoms with E-state index in [1.54, 1.807) is 27.0 Å². The molecule has 1 rings (SSSR count). The summed E-state index contributed by atoms with van der Waals surface area (Å²) in [7, 11) is 1.54. The minimum absolute atomic E-state index is 0.0508. The molecule has 5 N–H and O–H groups in total. The molecule has 0 atom stereocenters. The molecule has 1 heterocycles. The van der Waals surface area contributed by atoms with Crippen molar-refractivity contribution >= 4 is 29.2 Å². The zero-order chi connectivity index (χ0) is 15.3. The van der Waals surface area contributed by atoms with Crippen molar-refractivity contribution in [1.82, 2.24) is 15.6 Å². The van der Waals surface area contributed by atoms with E-state index in [1.807, 2.05) is 0 Å². The molecule has 0 aliphatic carbocycles. The Bertz CT molecular complexity index is 519. The van der Waals surface area contributed by atoms with Crippen LogP contribution in [0.4, 0.5) is 5.82 Å². The SMILES string of the molecule is CNC(=O)C(C)(C)CNC(=O)c1nc(NN)ccc1Cl. The molecule has 20 heavy (non-hydrogen) atoms. The number of halogens is 1. The van der Waals surface area contributed by atoms with E-state index in [0.717, 1.165) is 0 Å². The zero-order valence-electron chi connectivity index (χ0n) is 11.6. The van der Waals surface area contributed by atoms with E-state index in [9.17, 15) is 9.59 Å². The number of nitrogens with one attached hydrogen (secondary N) is 3. The summed E-state index contributed by atoms with van der Waals surface area (Å²) in [6.07, 6.45) is 0. The van der Waals surface area contributed by atoms with E-state index < -0.39 is 11.3 Å². The molecule has 1 aromatic rings. The number of anilines is 1. The normalized spacial score (nSPS) is 10.8.